The Labute approximate surface area is 166 Å². The number of nitro groups is 1. The lowest BCUT2D eigenvalue weighted by Gasteiger charge is -2.28. The maximum Gasteiger partial charge on any atom is 0.282 e. The van der Waals surface area contributed by atoms with Crippen LogP contribution >= 0.6 is 11.6 Å². The first kappa shape index (κ1) is 19.6. The van der Waals surface area contributed by atoms with Gasteiger partial charge in [-0.15, -0.1) is 0 Å². The predicted molar refractivity (Wildman–Crippen MR) is 104 cm³/mol. The Hall–Kier alpha value is -3.13. The number of halogens is 1. The molecule has 28 heavy (non-hydrogen) atoms. The van der Waals surface area contributed by atoms with Gasteiger partial charge in [0, 0.05) is 29.7 Å². The van der Waals surface area contributed by atoms with Crippen molar-refractivity contribution < 1.29 is 19.2 Å². The summed E-state index contributed by atoms with van der Waals surface area (Å²) in [4.78, 5) is 39.0. The summed E-state index contributed by atoms with van der Waals surface area (Å²) in [6.07, 6.45) is 1.13. The van der Waals surface area contributed by atoms with Crippen molar-refractivity contribution in [2.75, 3.05) is 25.2 Å². The van der Waals surface area contributed by atoms with Crippen molar-refractivity contribution in [1.29, 1.82) is 0 Å². The van der Waals surface area contributed by atoms with E-state index in [1.165, 1.54) is 30.2 Å². The Kier molecular flexibility index (Phi) is 5.79. The maximum atomic E-state index is 13.3. The van der Waals surface area contributed by atoms with Gasteiger partial charge in [-0.2, -0.15) is 0 Å². The Bertz CT molecular complexity index is 916. The van der Waals surface area contributed by atoms with E-state index in [4.69, 9.17) is 16.3 Å². The minimum Gasteiger partial charge on any atom is -0.497 e. The van der Waals surface area contributed by atoms with Gasteiger partial charge in [0.2, 0.25) is 5.91 Å². The lowest BCUT2D eigenvalue weighted by Crippen LogP contribution is -2.42. The molecule has 3 rings (SSSR count). The average Bonchev–Trinajstić information content (AvgIpc) is 3.10. The molecule has 0 N–H and O–H groups in total. The van der Waals surface area contributed by atoms with Crippen molar-refractivity contribution in [3.63, 3.8) is 0 Å². The van der Waals surface area contributed by atoms with Gasteiger partial charge in [0.05, 0.1) is 12.0 Å². The van der Waals surface area contributed by atoms with Crippen LogP contribution in [-0.2, 0) is 4.79 Å². The summed E-state index contributed by atoms with van der Waals surface area (Å²) >= 11 is 5.97. The first-order valence-electron chi connectivity index (χ1n) is 8.58. The number of hydrogen-bond acceptors (Lipinski definition) is 5. The molecule has 0 saturated carbocycles. The molecule has 0 atom stereocenters. The second-order valence-electron chi connectivity index (χ2n) is 6.25. The summed E-state index contributed by atoms with van der Waals surface area (Å²) in [6, 6.07) is 10.5. The van der Waals surface area contributed by atoms with Crippen molar-refractivity contribution in [2.45, 2.75) is 12.8 Å². The second kappa shape index (κ2) is 8.26. The smallest absolute Gasteiger partial charge is 0.282 e. The van der Waals surface area contributed by atoms with E-state index in [9.17, 15) is 19.7 Å². The van der Waals surface area contributed by atoms with E-state index in [0.717, 1.165) is 0 Å². The molecule has 1 aliphatic heterocycles. The van der Waals surface area contributed by atoms with Gasteiger partial charge in [-0.25, -0.2) is 0 Å². The number of nitrogens with zero attached hydrogens (tertiary/aromatic N) is 3. The molecule has 0 spiro atoms. The quantitative estimate of drug-likeness (QED) is 0.543. The van der Waals surface area contributed by atoms with Crippen LogP contribution in [0.15, 0.2) is 42.5 Å². The van der Waals surface area contributed by atoms with Crippen molar-refractivity contribution in [1.82, 2.24) is 4.90 Å². The molecule has 9 heteroatoms. The number of carbonyl (C=O) groups is 2. The van der Waals surface area contributed by atoms with Gasteiger partial charge in [0.25, 0.3) is 11.6 Å². The van der Waals surface area contributed by atoms with Crippen LogP contribution in [-0.4, -0.2) is 42.0 Å². The summed E-state index contributed by atoms with van der Waals surface area (Å²) in [7, 11) is 1.52. The van der Waals surface area contributed by atoms with E-state index in [0.29, 0.717) is 30.8 Å². The molecule has 0 unspecified atom stereocenters. The Morgan fingerprint density at radius 2 is 2.00 bits per heavy atom. The highest BCUT2D eigenvalue weighted by Gasteiger charge is 2.30. The highest BCUT2D eigenvalue weighted by molar-refractivity contribution is 6.31. The second-order valence-corrected chi connectivity index (χ2v) is 6.69. The van der Waals surface area contributed by atoms with Gasteiger partial charge in [-0.3, -0.25) is 24.6 Å². The van der Waals surface area contributed by atoms with Crippen LogP contribution < -0.4 is 9.64 Å². The van der Waals surface area contributed by atoms with E-state index < -0.39 is 10.8 Å². The first-order chi connectivity index (χ1) is 13.4. The molecule has 1 saturated heterocycles. The van der Waals surface area contributed by atoms with Crippen molar-refractivity contribution >= 4 is 34.8 Å². The van der Waals surface area contributed by atoms with Gasteiger partial charge in [0.15, 0.2) is 0 Å². The number of rotatable bonds is 6. The molecule has 1 heterocycles. The summed E-state index contributed by atoms with van der Waals surface area (Å²) in [6.45, 7) is 0.518. The van der Waals surface area contributed by atoms with Crippen LogP contribution in [0.5, 0.6) is 5.75 Å². The molecule has 0 bridgehead atoms. The summed E-state index contributed by atoms with van der Waals surface area (Å²) < 4.78 is 5.14. The van der Waals surface area contributed by atoms with Crippen molar-refractivity contribution in [3.05, 3.63) is 63.2 Å². The molecule has 0 aromatic heterocycles. The van der Waals surface area contributed by atoms with Gasteiger partial charge < -0.3 is 9.64 Å². The number of ether oxygens (including phenoxy) is 1. The van der Waals surface area contributed by atoms with Gasteiger partial charge in [0.1, 0.15) is 18.0 Å². The number of anilines is 1. The van der Waals surface area contributed by atoms with Gasteiger partial charge in [-0.05, 0) is 42.8 Å². The lowest BCUT2D eigenvalue weighted by atomic mass is 10.1. The third kappa shape index (κ3) is 4.07. The van der Waals surface area contributed by atoms with E-state index in [1.807, 2.05) is 0 Å². The van der Waals surface area contributed by atoms with Crippen LogP contribution in [0.4, 0.5) is 11.4 Å². The zero-order valence-corrected chi connectivity index (χ0v) is 15.9. The van der Waals surface area contributed by atoms with E-state index >= 15 is 0 Å². The van der Waals surface area contributed by atoms with Crippen LogP contribution in [0.2, 0.25) is 5.02 Å². The first-order valence-corrected chi connectivity index (χ1v) is 8.96. The van der Waals surface area contributed by atoms with Gasteiger partial charge >= 0.3 is 0 Å². The molecular weight excluding hydrogens is 386 g/mol. The fourth-order valence-electron chi connectivity index (χ4n) is 3.03. The molecule has 1 aliphatic rings. The largest absolute Gasteiger partial charge is 0.497 e. The molecule has 2 aromatic rings. The Morgan fingerprint density at radius 3 is 2.57 bits per heavy atom. The number of likely N-dealkylation sites (tertiary alicyclic amines) is 1. The Balaban J connectivity index is 2.02. The molecule has 2 aromatic carbocycles. The third-order valence-electron chi connectivity index (χ3n) is 4.50. The minimum atomic E-state index is -0.628. The fraction of sp³-hybridized carbons (Fsp3) is 0.263. The Morgan fingerprint density at radius 1 is 1.29 bits per heavy atom. The maximum absolute atomic E-state index is 13.3. The fourth-order valence-corrected chi connectivity index (χ4v) is 3.21. The zero-order valence-electron chi connectivity index (χ0n) is 15.1. The monoisotopic (exact) mass is 403 g/mol. The zero-order chi connectivity index (χ0) is 20.3. The molecule has 2 amide bonds. The van der Waals surface area contributed by atoms with Crippen LogP contribution in [0.1, 0.15) is 23.2 Å². The molecule has 0 aliphatic carbocycles. The number of methoxy groups -OCH3 is 1. The number of nitro benzene ring substituents is 1. The molecule has 146 valence electrons. The molecule has 1 fully saturated rings. The standard InChI is InChI=1S/C19H18ClN3O5/c1-28-15-7-5-14(6-8-15)22(12-21-10-2-3-18(21)24)19(25)16-11-13(20)4-9-17(16)23(26)27/h4-9,11H,2-3,10,12H2,1H3. The number of amides is 2. The van der Waals surface area contributed by atoms with Crippen LogP contribution in [0, 0.1) is 10.1 Å². The SMILES string of the molecule is COc1ccc(N(CN2CCCC2=O)C(=O)c2cc(Cl)ccc2[N+](=O)[O-])cc1. The van der Waals surface area contributed by atoms with Crippen LogP contribution in [0.3, 0.4) is 0 Å². The third-order valence-corrected chi connectivity index (χ3v) is 4.73. The van der Waals surface area contributed by atoms with Crippen molar-refractivity contribution in [2.24, 2.45) is 0 Å². The predicted octanol–water partition coefficient (Wildman–Crippen LogP) is 3.48. The minimum absolute atomic E-state index is 0.00629. The van der Waals surface area contributed by atoms with E-state index in [1.54, 1.807) is 29.2 Å². The topological polar surface area (TPSA) is 93.0 Å². The summed E-state index contributed by atoms with van der Waals surface area (Å²) in [5.74, 6) is -0.0758. The highest BCUT2D eigenvalue weighted by atomic mass is 35.5. The number of carbonyl (C=O) groups excluding carboxylic acids is 2. The number of benzene rings is 2. The van der Waals surface area contributed by atoms with E-state index in [2.05, 4.69) is 0 Å². The lowest BCUT2D eigenvalue weighted by molar-refractivity contribution is -0.385. The normalized spacial score (nSPS) is 13.5. The van der Waals surface area contributed by atoms with Crippen molar-refractivity contribution in [3.8, 4) is 5.75 Å². The summed E-state index contributed by atoms with van der Waals surface area (Å²) in [5, 5.41) is 11.6. The van der Waals surface area contributed by atoms with E-state index in [-0.39, 0.29) is 28.8 Å². The van der Waals surface area contributed by atoms with Gasteiger partial charge in [-0.1, -0.05) is 11.6 Å². The summed E-state index contributed by atoms with van der Waals surface area (Å²) in [5.41, 5.74) is 0.000368. The average molecular weight is 404 g/mol. The highest BCUT2D eigenvalue weighted by Crippen LogP contribution is 2.28. The van der Waals surface area contributed by atoms with Crippen LogP contribution in [0.25, 0.3) is 0 Å². The molecule has 0 radical (unpaired) electrons. The molecular formula is C19H18ClN3O5. The number of hydrogen-bond donors (Lipinski definition) is 0. The molecule has 8 nitrogen and oxygen atoms in total.